The molecule has 0 unspecified atom stereocenters. The lowest BCUT2D eigenvalue weighted by atomic mass is 10.1. The zero-order chi connectivity index (χ0) is 15.7. The van der Waals surface area contributed by atoms with E-state index in [4.69, 9.17) is 9.68 Å². The van der Waals surface area contributed by atoms with Gasteiger partial charge in [0.05, 0.1) is 0 Å². The molecule has 7 heteroatoms. The molecule has 0 saturated heterocycles. The molecule has 0 aliphatic heterocycles. The summed E-state index contributed by atoms with van der Waals surface area (Å²) in [5, 5.41) is 19.3. The molecule has 0 amide bonds. The van der Waals surface area contributed by atoms with Crippen LogP contribution in [-0.2, 0) is 0 Å². The standard InChI is InChI=1S/C15H12FN5O/c1-8(2)14-13(12-11(7-17)19-21-20-12)18-15(22-14)9-3-5-10(16)6-4-9/h3-6,8H,1-2H3,(H,19,20,21). The second kappa shape index (κ2) is 5.41. The van der Waals surface area contributed by atoms with Crippen molar-refractivity contribution in [3.63, 3.8) is 0 Å². The van der Waals surface area contributed by atoms with Crippen LogP contribution in [0.4, 0.5) is 4.39 Å². The number of aromatic amines is 1. The molecule has 0 atom stereocenters. The van der Waals surface area contributed by atoms with Gasteiger partial charge >= 0.3 is 0 Å². The van der Waals surface area contributed by atoms with Crippen LogP contribution in [0.2, 0.25) is 0 Å². The molecule has 0 spiro atoms. The topological polar surface area (TPSA) is 91.4 Å². The van der Waals surface area contributed by atoms with E-state index >= 15 is 0 Å². The minimum Gasteiger partial charge on any atom is -0.440 e. The highest BCUT2D eigenvalue weighted by Gasteiger charge is 2.23. The van der Waals surface area contributed by atoms with Crippen molar-refractivity contribution in [1.29, 1.82) is 5.26 Å². The van der Waals surface area contributed by atoms with Crippen molar-refractivity contribution in [3.8, 4) is 28.9 Å². The van der Waals surface area contributed by atoms with E-state index in [0.717, 1.165) is 0 Å². The van der Waals surface area contributed by atoms with Crippen LogP contribution < -0.4 is 0 Å². The number of nitrogens with zero attached hydrogens (tertiary/aromatic N) is 4. The number of benzene rings is 1. The van der Waals surface area contributed by atoms with Gasteiger partial charge in [0.15, 0.2) is 11.4 Å². The third kappa shape index (κ3) is 2.35. The maximum Gasteiger partial charge on any atom is 0.226 e. The Bertz CT molecular complexity index is 842. The van der Waals surface area contributed by atoms with Gasteiger partial charge in [-0.3, -0.25) is 0 Å². The van der Waals surface area contributed by atoms with E-state index in [0.29, 0.717) is 28.6 Å². The fourth-order valence-electron chi connectivity index (χ4n) is 2.08. The third-order valence-corrected chi connectivity index (χ3v) is 3.15. The summed E-state index contributed by atoms with van der Waals surface area (Å²) in [6, 6.07) is 7.81. The molecule has 0 bridgehead atoms. The second-order valence-electron chi connectivity index (χ2n) is 5.03. The summed E-state index contributed by atoms with van der Waals surface area (Å²) < 4.78 is 18.8. The molecule has 1 aromatic carbocycles. The first-order chi connectivity index (χ1) is 10.6. The molecule has 110 valence electrons. The van der Waals surface area contributed by atoms with Gasteiger partial charge < -0.3 is 4.42 Å². The summed E-state index contributed by atoms with van der Waals surface area (Å²) in [5.41, 5.74) is 1.63. The largest absolute Gasteiger partial charge is 0.440 e. The number of hydrogen-bond acceptors (Lipinski definition) is 5. The Kier molecular flexibility index (Phi) is 3.43. The highest BCUT2D eigenvalue weighted by Crippen LogP contribution is 2.33. The molecule has 0 aliphatic rings. The SMILES string of the molecule is CC(C)c1oc(-c2ccc(F)cc2)nc1-c1n[nH]nc1C#N. The van der Waals surface area contributed by atoms with Crippen LogP contribution >= 0.6 is 0 Å². The minimum atomic E-state index is -0.331. The summed E-state index contributed by atoms with van der Waals surface area (Å²) in [6.07, 6.45) is 0. The van der Waals surface area contributed by atoms with Gasteiger partial charge in [0.1, 0.15) is 23.3 Å². The van der Waals surface area contributed by atoms with Crippen molar-refractivity contribution in [2.75, 3.05) is 0 Å². The van der Waals surface area contributed by atoms with Gasteiger partial charge in [-0.1, -0.05) is 13.8 Å². The Morgan fingerprint density at radius 2 is 1.91 bits per heavy atom. The molecule has 2 heterocycles. The van der Waals surface area contributed by atoms with Crippen molar-refractivity contribution in [3.05, 3.63) is 41.5 Å². The molecule has 0 radical (unpaired) electrons. The van der Waals surface area contributed by atoms with Crippen LogP contribution in [0.5, 0.6) is 0 Å². The van der Waals surface area contributed by atoms with Gasteiger partial charge in [-0.2, -0.15) is 15.6 Å². The highest BCUT2D eigenvalue weighted by molar-refractivity contribution is 5.66. The average molecular weight is 297 g/mol. The monoisotopic (exact) mass is 297 g/mol. The highest BCUT2D eigenvalue weighted by atomic mass is 19.1. The van der Waals surface area contributed by atoms with E-state index in [2.05, 4.69) is 20.4 Å². The zero-order valence-corrected chi connectivity index (χ0v) is 12.0. The van der Waals surface area contributed by atoms with E-state index in [1.807, 2.05) is 19.9 Å². The van der Waals surface area contributed by atoms with Gasteiger partial charge in [0.2, 0.25) is 5.89 Å². The second-order valence-corrected chi connectivity index (χ2v) is 5.03. The Labute approximate surface area is 125 Å². The predicted octanol–water partition coefficient (Wildman–Crippen LogP) is 3.26. The quantitative estimate of drug-likeness (QED) is 0.801. The minimum absolute atomic E-state index is 0.0416. The number of hydrogen-bond donors (Lipinski definition) is 1. The number of oxazole rings is 1. The van der Waals surface area contributed by atoms with E-state index in [1.54, 1.807) is 12.1 Å². The van der Waals surface area contributed by atoms with E-state index < -0.39 is 0 Å². The van der Waals surface area contributed by atoms with Crippen LogP contribution in [-0.4, -0.2) is 20.4 Å². The molecule has 22 heavy (non-hydrogen) atoms. The third-order valence-electron chi connectivity index (χ3n) is 3.15. The number of nitriles is 1. The number of aromatic nitrogens is 4. The molecule has 0 saturated carbocycles. The summed E-state index contributed by atoms with van der Waals surface area (Å²) >= 11 is 0. The lowest BCUT2D eigenvalue weighted by Gasteiger charge is -2.01. The van der Waals surface area contributed by atoms with E-state index in [1.165, 1.54) is 12.1 Å². The molecule has 3 aromatic rings. The van der Waals surface area contributed by atoms with Crippen molar-refractivity contribution in [2.24, 2.45) is 0 Å². The maximum absolute atomic E-state index is 13.0. The van der Waals surface area contributed by atoms with Crippen molar-refractivity contribution in [1.82, 2.24) is 20.4 Å². The molecule has 0 aliphatic carbocycles. The number of halogens is 1. The average Bonchev–Trinajstić information content (AvgIpc) is 3.14. The molecular weight excluding hydrogens is 285 g/mol. The van der Waals surface area contributed by atoms with Crippen LogP contribution in [0.3, 0.4) is 0 Å². The maximum atomic E-state index is 13.0. The van der Waals surface area contributed by atoms with Crippen molar-refractivity contribution in [2.45, 2.75) is 19.8 Å². The summed E-state index contributed by atoms with van der Waals surface area (Å²) in [6.45, 7) is 3.90. The lowest BCUT2D eigenvalue weighted by Crippen LogP contribution is -1.91. The Balaban J connectivity index is 2.15. The molecule has 6 nitrogen and oxygen atoms in total. The first kappa shape index (κ1) is 13.9. The first-order valence-corrected chi connectivity index (χ1v) is 6.68. The zero-order valence-electron chi connectivity index (χ0n) is 12.0. The van der Waals surface area contributed by atoms with Crippen LogP contribution in [0.1, 0.15) is 31.2 Å². The predicted molar refractivity (Wildman–Crippen MR) is 76.1 cm³/mol. The van der Waals surface area contributed by atoms with Gasteiger partial charge in [-0.15, -0.1) is 5.10 Å². The van der Waals surface area contributed by atoms with Gasteiger partial charge in [-0.25, -0.2) is 9.37 Å². The van der Waals surface area contributed by atoms with Crippen LogP contribution in [0.25, 0.3) is 22.8 Å². The van der Waals surface area contributed by atoms with Crippen LogP contribution in [0, 0.1) is 17.1 Å². The lowest BCUT2D eigenvalue weighted by molar-refractivity contribution is 0.496. The summed E-state index contributed by atoms with van der Waals surface area (Å²) in [7, 11) is 0. The molecule has 1 N–H and O–H groups in total. The van der Waals surface area contributed by atoms with Gasteiger partial charge in [0, 0.05) is 11.5 Å². The number of nitrogens with one attached hydrogen (secondary N) is 1. The molecule has 0 fully saturated rings. The van der Waals surface area contributed by atoms with Gasteiger partial charge in [-0.05, 0) is 24.3 Å². The Hall–Kier alpha value is -3.01. The van der Waals surface area contributed by atoms with Crippen LogP contribution in [0.15, 0.2) is 28.7 Å². The Morgan fingerprint density at radius 3 is 2.55 bits per heavy atom. The molecule has 2 aromatic heterocycles. The van der Waals surface area contributed by atoms with Crippen molar-refractivity contribution < 1.29 is 8.81 Å². The number of H-pyrrole nitrogens is 1. The summed E-state index contributed by atoms with van der Waals surface area (Å²) in [5.74, 6) is 0.665. The summed E-state index contributed by atoms with van der Waals surface area (Å²) in [4.78, 5) is 4.42. The smallest absolute Gasteiger partial charge is 0.226 e. The van der Waals surface area contributed by atoms with E-state index in [9.17, 15) is 4.39 Å². The van der Waals surface area contributed by atoms with Gasteiger partial charge in [0.25, 0.3) is 0 Å². The fourth-order valence-corrected chi connectivity index (χ4v) is 2.08. The normalized spacial score (nSPS) is 10.9. The Morgan fingerprint density at radius 1 is 1.18 bits per heavy atom. The first-order valence-electron chi connectivity index (χ1n) is 6.68. The van der Waals surface area contributed by atoms with Crippen molar-refractivity contribution >= 4 is 0 Å². The number of rotatable bonds is 3. The fraction of sp³-hybridized carbons (Fsp3) is 0.200. The van der Waals surface area contributed by atoms with E-state index in [-0.39, 0.29) is 17.4 Å². The molecular formula is C15H12FN5O. The molecule has 3 rings (SSSR count).